The number of hydrogen-bond acceptors (Lipinski definition) is 2. The molecular weight excluding hydrogens is 262 g/mol. The van der Waals surface area contributed by atoms with Crippen LogP contribution in [0.3, 0.4) is 0 Å². The Morgan fingerprint density at radius 1 is 1.19 bits per heavy atom. The molecule has 0 aliphatic rings. The predicted octanol–water partition coefficient (Wildman–Crippen LogP) is 2.91. The van der Waals surface area contributed by atoms with E-state index in [1.807, 2.05) is 25.1 Å². The summed E-state index contributed by atoms with van der Waals surface area (Å²) < 4.78 is 0. The standard InChI is InChI=1S/C18H23NO2/c1-14(13-20)5-4-10-19-18(21)12-15-8-9-16-6-2-3-7-17(16)11-15/h2-3,6-9,11,14,20H,4-5,10,12-13H2,1H3,(H,19,21). The smallest absolute Gasteiger partial charge is 0.224 e. The molecule has 1 atom stereocenters. The van der Waals surface area contributed by atoms with Crippen molar-refractivity contribution >= 4 is 16.7 Å². The van der Waals surface area contributed by atoms with Crippen LogP contribution in [0.2, 0.25) is 0 Å². The zero-order chi connectivity index (χ0) is 15.1. The summed E-state index contributed by atoms with van der Waals surface area (Å²) in [5, 5.41) is 14.2. The maximum atomic E-state index is 11.9. The lowest BCUT2D eigenvalue weighted by Gasteiger charge is -2.09. The van der Waals surface area contributed by atoms with Crippen LogP contribution in [-0.4, -0.2) is 24.2 Å². The Kier molecular flexibility index (Phi) is 5.76. The monoisotopic (exact) mass is 285 g/mol. The summed E-state index contributed by atoms with van der Waals surface area (Å²) in [7, 11) is 0. The van der Waals surface area contributed by atoms with Gasteiger partial charge in [-0.15, -0.1) is 0 Å². The molecule has 0 fully saturated rings. The first-order valence-corrected chi connectivity index (χ1v) is 7.54. The summed E-state index contributed by atoms with van der Waals surface area (Å²) in [4.78, 5) is 11.9. The van der Waals surface area contributed by atoms with E-state index in [4.69, 9.17) is 5.11 Å². The Labute approximate surface area is 126 Å². The summed E-state index contributed by atoms with van der Waals surface area (Å²) in [6, 6.07) is 14.3. The van der Waals surface area contributed by atoms with E-state index in [-0.39, 0.29) is 12.5 Å². The Morgan fingerprint density at radius 2 is 1.95 bits per heavy atom. The Hall–Kier alpha value is -1.87. The van der Waals surface area contributed by atoms with Crippen molar-refractivity contribution < 1.29 is 9.90 Å². The first-order valence-electron chi connectivity index (χ1n) is 7.54. The topological polar surface area (TPSA) is 49.3 Å². The van der Waals surface area contributed by atoms with Gasteiger partial charge in [0.2, 0.25) is 5.91 Å². The van der Waals surface area contributed by atoms with Gasteiger partial charge in [-0.25, -0.2) is 0 Å². The van der Waals surface area contributed by atoms with E-state index >= 15 is 0 Å². The van der Waals surface area contributed by atoms with Crippen molar-refractivity contribution in [1.82, 2.24) is 5.32 Å². The molecule has 2 aromatic carbocycles. The van der Waals surface area contributed by atoms with E-state index in [1.165, 1.54) is 10.8 Å². The lowest BCUT2D eigenvalue weighted by Crippen LogP contribution is -2.26. The lowest BCUT2D eigenvalue weighted by molar-refractivity contribution is -0.120. The highest BCUT2D eigenvalue weighted by atomic mass is 16.3. The third-order valence-electron chi connectivity index (χ3n) is 3.69. The number of aliphatic hydroxyl groups excluding tert-OH is 1. The Bertz CT molecular complexity index is 595. The van der Waals surface area contributed by atoms with Crippen LogP contribution in [0.5, 0.6) is 0 Å². The van der Waals surface area contributed by atoms with Gasteiger partial charge >= 0.3 is 0 Å². The number of benzene rings is 2. The van der Waals surface area contributed by atoms with E-state index in [0.29, 0.717) is 18.9 Å². The van der Waals surface area contributed by atoms with Crippen LogP contribution >= 0.6 is 0 Å². The second kappa shape index (κ2) is 7.79. The van der Waals surface area contributed by atoms with Crippen molar-refractivity contribution in [2.24, 2.45) is 5.92 Å². The summed E-state index contributed by atoms with van der Waals surface area (Å²) in [6.07, 6.45) is 2.26. The van der Waals surface area contributed by atoms with Crippen LogP contribution in [0.25, 0.3) is 10.8 Å². The van der Waals surface area contributed by atoms with Gasteiger partial charge in [0, 0.05) is 13.2 Å². The summed E-state index contributed by atoms with van der Waals surface area (Å²) >= 11 is 0. The largest absolute Gasteiger partial charge is 0.396 e. The number of rotatable bonds is 7. The first kappa shape index (κ1) is 15.5. The predicted molar refractivity (Wildman–Crippen MR) is 86.1 cm³/mol. The van der Waals surface area contributed by atoms with Gasteiger partial charge in [-0.1, -0.05) is 49.4 Å². The van der Waals surface area contributed by atoms with Crippen LogP contribution in [0.15, 0.2) is 42.5 Å². The van der Waals surface area contributed by atoms with Gasteiger partial charge in [0.05, 0.1) is 6.42 Å². The van der Waals surface area contributed by atoms with Gasteiger partial charge < -0.3 is 10.4 Å². The maximum Gasteiger partial charge on any atom is 0.224 e. The molecule has 2 rings (SSSR count). The number of carbonyl (C=O) groups is 1. The van der Waals surface area contributed by atoms with Crippen molar-refractivity contribution in [3.63, 3.8) is 0 Å². The van der Waals surface area contributed by atoms with Crippen molar-refractivity contribution in [3.05, 3.63) is 48.0 Å². The zero-order valence-electron chi connectivity index (χ0n) is 12.5. The first-order chi connectivity index (χ1) is 10.2. The minimum Gasteiger partial charge on any atom is -0.396 e. The molecule has 0 saturated heterocycles. The van der Waals surface area contributed by atoms with Gasteiger partial charge in [0.25, 0.3) is 0 Å². The van der Waals surface area contributed by atoms with Crippen molar-refractivity contribution in [2.45, 2.75) is 26.2 Å². The Balaban J connectivity index is 1.81. The molecule has 3 heteroatoms. The number of aliphatic hydroxyl groups is 1. The van der Waals surface area contributed by atoms with Crippen LogP contribution < -0.4 is 5.32 Å². The third-order valence-corrected chi connectivity index (χ3v) is 3.69. The fourth-order valence-electron chi connectivity index (χ4n) is 2.37. The highest BCUT2D eigenvalue weighted by molar-refractivity contribution is 5.85. The van der Waals surface area contributed by atoms with Gasteiger partial charge in [-0.3, -0.25) is 4.79 Å². The highest BCUT2D eigenvalue weighted by Crippen LogP contribution is 2.15. The number of nitrogens with one attached hydrogen (secondary N) is 1. The molecule has 0 heterocycles. The third kappa shape index (κ3) is 4.87. The second-order valence-electron chi connectivity index (χ2n) is 5.64. The van der Waals surface area contributed by atoms with Crippen LogP contribution in [0.1, 0.15) is 25.3 Å². The summed E-state index contributed by atoms with van der Waals surface area (Å²) in [6.45, 7) is 2.90. The van der Waals surface area contributed by atoms with Crippen LogP contribution in [0, 0.1) is 5.92 Å². The van der Waals surface area contributed by atoms with Crippen molar-refractivity contribution in [2.75, 3.05) is 13.2 Å². The van der Waals surface area contributed by atoms with Gasteiger partial charge in [-0.05, 0) is 35.1 Å². The van der Waals surface area contributed by atoms with Crippen LogP contribution in [-0.2, 0) is 11.2 Å². The molecule has 0 aliphatic carbocycles. The molecule has 0 aromatic heterocycles. The average molecular weight is 285 g/mol. The quantitative estimate of drug-likeness (QED) is 0.769. The molecule has 0 spiro atoms. The molecule has 1 unspecified atom stereocenters. The molecule has 2 N–H and O–H groups in total. The number of fused-ring (bicyclic) bond motifs is 1. The average Bonchev–Trinajstić information content (AvgIpc) is 2.51. The molecule has 0 saturated carbocycles. The summed E-state index contributed by atoms with van der Waals surface area (Å²) in [5.41, 5.74) is 1.04. The Morgan fingerprint density at radius 3 is 2.71 bits per heavy atom. The highest BCUT2D eigenvalue weighted by Gasteiger charge is 2.05. The normalized spacial score (nSPS) is 12.3. The van der Waals surface area contributed by atoms with Gasteiger partial charge in [0.1, 0.15) is 0 Å². The maximum absolute atomic E-state index is 11.9. The fourth-order valence-corrected chi connectivity index (χ4v) is 2.37. The number of carbonyl (C=O) groups excluding carboxylic acids is 1. The molecule has 2 aromatic rings. The molecule has 3 nitrogen and oxygen atoms in total. The van der Waals surface area contributed by atoms with E-state index in [2.05, 4.69) is 29.6 Å². The van der Waals surface area contributed by atoms with Crippen molar-refractivity contribution in [3.8, 4) is 0 Å². The molecule has 1 amide bonds. The van der Waals surface area contributed by atoms with E-state index in [0.717, 1.165) is 18.4 Å². The molecule has 21 heavy (non-hydrogen) atoms. The lowest BCUT2D eigenvalue weighted by atomic mass is 10.0. The van der Waals surface area contributed by atoms with Crippen molar-refractivity contribution in [1.29, 1.82) is 0 Å². The molecule has 0 aliphatic heterocycles. The minimum absolute atomic E-state index is 0.0573. The van der Waals surface area contributed by atoms with Crippen LogP contribution in [0.4, 0.5) is 0 Å². The summed E-state index contributed by atoms with van der Waals surface area (Å²) in [5.74, 6) is 0.365. The van der Waals surface area contributed by atoms with E-state index in [9.17, 15) is 4.79 Å². The molecular formula is C18H23NO2. The van der Waals surface area contributed by atoms with Gasteiger partial charge in [0.15, 0.2) is 0 Å². The minimum atomic E-state index is 0.0573. The fraction of sp³-hybridized carbons (Fsp3) is 0.389. The molecule has 0 bridgehead atoms. The molecule has 0 radical (unpaired) electrons. The number of amides is 1. The van der Waals surface area contributed by atoms with E-state index < -0.39 is 0 Å². The number of hydrogen-bond donors (Lipinski definition) is 2. The second-order valence-corrected chi connectivity index (χ2v) is 5.64. The SMILES string of the molecule is CC(CO)CCCNC(=O)Cc1ccc2ccccc2c1. The van der Waals surface area contributed by atoms with E-state index in [1.54, 1.807) is 0 Å². The zero-order valence-corrected chi connectivity index (χ0v) is 12.5. The molecule has 112 valence electrons. The van der Waals surface area contributed by atoms with Gasteiger partial charge in [-0.2, -0.15) is 0 Å².